The maximum atomic E-state index is 11.6. The summed E-state index contributed by atoms with van der Waals surface area (Å²) in [6.07, 6.45) is 3.34. The Morgan fingerprint density at radius 3 is 2.94 bits per heavy atom. The molecule has 1 heterocycles. The highest BCUT2D eigenvalue weighted by atomic mass is 35.5. The van der Waals surface area contributed by atoms with Gasteiger partial charge in [-0.2, -0.15) is 0 Å². The van der Waals surface area contributed by atoms with Crippen molar-refractivity contribution in [1.82, 2.24) is 5.32 Å². The Balaban J connectivity index is 1.85. The molecule has 0 unspecified atom stereocenters. The van der Waals surface area contributed by atoms with Gasteiger partial charge < -0.3 is 5.32 Å². The molecule has 1 aromatic carbocycles. The van der Waals surface area contributed by atoms with E-state index in [1.54, 1.807) is 17.4 Å². The van der Waals surface area contributed by atoms with E-state index in [1.165, 1.54) is 6.08 Å². The van der Waals surface area contributed by atoms with Crippen LogP contribution in [0.2, 0.25) is 5.02 Å². The lowest BCUT2D eigenvalue weighted by Gasteiger charge is -2.02. The van der Waals surface area contributed by atoms with Crippen LogP contribution >= 0.6 is 22.9 Å². The number of carbonyl (C=O) groups excluding carboxylic acids is 1. The first kappa shape index (κ1) is 12.9. The maximum absolute atomic E-state index is 11.6. The molecule has 0 atom stereocenters. The topological polar surface area (TPSA) is 29.1 Å². The summed E-state index contributed by atoms with van der Waals surface area (Å²) in [4.78, 5) is 12.6. The molecule has 92 valence electrons. The van der Waals surface area contributed by atoms with Crippen molar-refractivity contribution in [3.8, 4) is 0 Å². The molecule has 18 heavy (non-hydrogen) atoms. The normalized spacial score (nSPS) is 10.7. The third-order valence-corrected chi connectivity index (χ3v) is 3.37. The van der Waals surface area contributed by atoms with Gasteiger partial charge in [-0.15, -0.1) is 11.3 Å². The Kier molecular flexibility index (Phi) is 4.56. The molecule has 0 aliphatic carbocycles. The summed E-state index contributed by atoms with van der Waals surface area (Å²) in [6, 6.07) is 11.4. The van der Waals surface area contributed by atoms with Gasteiger partial charge in [0, 0.05) is 22.5 Å². The molecule has 0 spiro atoms. The molecule has 0 saturated heterocycles. The third kappa shape index (κ3) is 4.02. The largest absolute Gasteiger partial charge is 0.348 e. The predicted octanol–water partition coefficient (Wildman–Crippen LogP) is 3.73. The van der Waals surface area contributed by atoms with Crippen molar-refractivity contribution < 1.29 is 4.79 Å². The van der Waals surface area contributed by atoms with Gasteiger partial charge in [0.1, 0.15) is 0 Å². The quantitative estimate of drug-likeness (QED) is 0.848. The van der Waals surface area contributed by atoms with Crippen molar-refractivity contribution >= 4 is 34.9 Å². The number of thiophene rings is 1. The van der Waals surface area contributed by atoms with E-state index in [0.29, 0.717) is 11.6 Å². The lowest BCUT2D eigenvalue weighted by molar-refractivity contribution is -0.116. The van der Waals surface area contributed by atoms with E-state index in [9.17, 15) is 4.79 Å². The monoisotopic (exact) mass is 277 g/mol. The fraction of sp³-hybridized carbons (Fsp3) is 0.0714. The summed E-state index contributed by atoms with van der Waals surface area (Å²) < 4.78 is 0. The van der Waals surface area contributed by atoms with Crippen LogP contribution in [0.5, 0.6) is 0 Å². The number of halogens is 1. The summed E-state index contributed by atoms with van der Waals surface area (Å²) >= 11 is 7.46. The summed E-state index contributed by atoms with van der Waals surface area (Å²) in [5.74, 6) is -0.108. The van der Waals surface area contributed by atoms with E-state index >= 15 is 0 Å². The van der Waals surface area contributed by atoms with Crippen molar-refractivity contribution in [2.24, 2.45) is 0 Å². The fourth-order valence-electron chi connectivity index (χ4n) is 1.44. The molecule has 0 aliphatic rings. The van der Waals surface area contributed by atoms with Crippen molar-refractivity contribution in [1.29, 1.82) is 0 Å². The van der Waals surface area contributed by atoms with E-state index < -0.39 is 0 Å². The highest BCUT2D eigenvalue weighted by Gasteiger charge is 1.97. The van der Waals surface area contributed by atoms with Crippen LogP contribution in [0, 0.1) is 0 Å². The molecular weight excluding hydrogens is 266 g/mol. The molecule has 0 saturated carbocycles. The Morgan fingerprint density at radius 2 is 2.22 bits per heavy atom. The molecule has 0 aliphatic heterocycles. The first-order valence-corrected chi connectivity index (χ1v) is 6.74. The minimum absolute atomic E-state index is 0.108. The van der Waals surface area contributed by atoms with Gasteiger partial charge in [0.15, 0.2) is 0 Å². The zero-order valence-electron chi connectivity index (χ0n) is 9.60. The standard InChI is InChI=1S/C14H12ClNOS/c15-12-4-1-3-11(9-12)10-16-14(17)7-6-13-5-2-8-18-13/h1-9H,10H2,(H,16,17). The highest BCUT2D eigenvalue weighted by molar-refractivity contribution is 7.10. The number of nitrogens with one attached hydrogen (secondary N) is 1. The molecule has 0 bridgehead atoms. The Labute approximate surface area is 115 Å². The molecule has 1 N–H and O–H groups in total. The Morgan fingerprint density at radius 1 is 1.33 bits per heavy atom. The third-order valence-electron chi connectivity index (χ3n) is 2.30. The van der Waals surface area contributed by atoms with Gasteiger partial charge in [0.05, 0.1) is 0 Å². The van der Waals surface area contributed by atoms with Gasteiger partial charge >= 0.3 is 0 Å². The van der Waals surface area contributed by atoms with E-state index in [2.05, 4.69) is 5.32 Å². The van der Waals surface area contributed by atoms with Gasteiger partial charge in [-0.3, -0.25) is 4.79 Å². The van der Waals surface area contributed by atoms with E-state index in [-0.39, 0.29) is 5.91 Å². The van der Waals surface area contributed by atoms with Crippen molar-refractivity contribution in [2.75, 3.05) is 0 Å². The number of hydrogen-bond acceptors (Lipinski definition) is 2. The van der Waals surface area contributed by atoms with Gasteiger partial charge in [-0.05, 0) is 35.2 Å². The number of carbonyl (C=O) groups is 1. The van der Waals surface area contributed by atoms with Crippen molar-refractivity contribution in [3.63, 3.8) is 0 Å². The molecule has 2 nitrogen and oxygen atoms in total. The van der Waals surface area contributed by atoms with Gasteiger partial charge in [0.25, 0.3) is 0 Å². The average molecular weight is 278 g/mol. The highest BCUT2D eigenvalue weighted by Crippen LogP contribution is 2.11. The smallest absolute Gasteiger partial charge is 0.244 e. The van der Waals surface area contributed by atoms with E-state index in [1.807, 2.05) is 41.8 Å². The van der Waals surface area contributed by atoms with Gasteiger partial charge in [-0.1, -0.05) is 29.8 Å². The second-order valence-corrected chi connectivity index (χ2v) is 5.11. The predicted molar refractivity (Wildman–Crippen MR) is 76.7 cm³/mol. The molecule has 0 radical (unpaired) electrons. The number of amides is 1. The van der Waals surface area contributed by atoms with Crippen LogP contribution < -0.4 is 5.32 Å². The summed E-state index contributed by atoms with van der Waals surface area (Å²) in [5, 5.41) is 5.46. The van der Waals surface area contributed by atoms with E-state index in [4.69, 9.17) is 11.6 Å². The zero-order chi connectivity index (χ0) is 12.8. The average Bonchev–Trinajstić information content (AvgIpc) is 2.87. The van der Waals surface area contributed by atoms with Crippen LogP contribution in [0.15, 0.2) is 47.9 Å². The Bertz CT molecular complexity index is 549. The minimum atomic E-state index is -0.108. The van der Waals surface area contributed by atoms with Crippen LogP contribution in [0.4, 0.5) is 0 Å². The summed E-state index contributed by atoms with van der Waals surface area (Å²) in [5.41, 5.74) is 0.986. The van der Waals surface area contributed by atoms with Gasteiger partial charge in [-0.25, -0.2) is 0 Å². The molecule has 2 rings (SSSR count). The van der Waals surface area contributed by atoms with E-state index in [0.717, 1.165) is 10.4 Å². The molecule has 1 aromatic heterocycles. The summed E-state index contributed by atoms with van der Waals surface area (Å²) in [6.45, 7) is 0.480. The van der Waals surface area contributed by atoms with Crippen LogP contribution in [-0.4, -0.2) is 5.91 Å². The SMILES string of the molecule is O=C(C=Cc1cccs1)NCc1cccc(Cl)c1. The number of hydrogen-bond donors (Lipinski definition) is 1. The number of rotatable bonds is 4. The molecule has 4 heteroatoms. The zero-order valence-corrected chi connectivity index (χ0v) is 11.2. The minimum Gasteiger partial charge on any atom is -0.348 e. The van der Waals surface area contributed by atoms with Crippen LogP contribution in [0.3, 0.4) is 0 Å². The molecule has 2 aromatic rings. The van der Waals surface area contributed by atoms with Crippen molar-refractivity contribution in [2.45, 2.75) is 6.54 Å². The molecule has 1 amide bonds. The maximum Gasteiger partial charge on any atom is 0.244 e. The van der Waals surface area contributed by atoms with Crippen LogP contribution in [0.1, 0.15) is 10.4 Å². The number of benzene rings is 1. The Hall–Kier alpha value is -1.58. The lowest BCUT2D eigenvalue weighted by Crippen LogP contribution is -2.20. The van der Waals surface area contributed by atoms with Crippen LogP contribution in [-0.2, 0) is 11.3 Å². The second-order valence-electron chi connectivity index (χ2n) is 3.70. The lowest BCUT2D eigenvalue weighted by atomic mass is 10.2. The molecular formula is C14H12ClNOS. The second kappa shape index (κ2) is 6.38. The first-order valence-electron chi connectivity index (χ1n) is 5.48. The van der Waals surface area contributed by atoms with Crippen LogP contribution in [0.25, 0.3) is 6.08 Å². The van der Waals surface area contributed by atoms with Gasteiger partial charge in [0.2, 0.25) is 5.91 Å². The van der Waals surface area contributed by atoms with Crippen molar-refractivity contribution in [3.05, 3.63) is 63.3 Å². The molecule has 0 fully saturated rings. The summed E-state index contributed by atoms with van der Waals surface area (Å²) in [7, 11) is 0. The first-order chi connectivity index (χ1) is 8.74. The fourth-order valence-corrected chi connectivity index (χ4v) is 2.27.